The molecule has 10 heteroatoms. The lowest BCUT2D eigenvalue weighted by Crippen LogP contribution is -2.59. The van der Waals surface area contributed by atoms with Crippen LogP contribution in [-0.4, -0.2) is 88.1 Å². The van der Waals surface area contributed by atoms with E-state index >= 15 is 0 Å². The summed E-state index contributed by atoms with van der Waals surface area (Å²) in [7, 11) is 0. The van der Waals surface area contributed by atoms with Crippen molar-refractivity contribution in [1.29, 1.82) is 0 Å². The first-order valence-corrected chi connectivity index (χ1v) is 14.0. The molecule has 1 spiro atoms. The number of cyclic esters (lactones) is 1. The predicted molar refractivity (Wildman–Crippen MR) is 144 cm³/mol. The minimum atomic E-state index is -1.35. The van der Waals surface area contributed by atoms with E-state index in [2.05, 4.69) is 5.32 Å². The lowest BCUT2D eigenvalue weighted by molar-refractivity contribution is -0.160. The van der Waals surface area contributed by atoms with Crippen molar-refractivity contribution < 1.29 is 33.8 Å². The van der Waals surface area contributed by atoms with Crippen LogP contribution in [0.15, 0.2) is 54.6 Å². The van der Waals surface area contributed by atoms with Crippen LogP contribution in [0.25, 0.3) is 0 Å². The molecule has 5 bridgehead atoms. The summed E-state index contributed by atoms with van der Waals surface area (Å²) in [5.74, 6) is -3.51. The van der Waals surface area contributed by atoms with Gasteiger partial charge in [0.2, 0.25) is 17.7 Å². The van der Waals surface area contributed by atoms with Gasteiger partial charge in [-0.3, -0.25) is 19.2 Å². The number of nitrogens with zero attached hydrogens (tertiary/aromatic N) is 2. The smallest absolute Gasteiger partial charge is 0.313 e. The Morgan fingerprint density at radius 3 is 2.52 bits per heavy atom. The number of rotatable bonds is 4. The highest BCUT2D eigenvalue weighted by Gasteiger charge is 2.74. The number of likely N-dealkylation sites (tertiary alicyclic amines) is 1. The summed E-state index contributed by atoms with van der Waals surface area (Å²) in [6, 6.07) is 7.20. The number of hydrogen-bond donors (Lipinski definition) is 2. The van der Waals surface area contributed by atoms with Crippen molar-refractivity contribution in [2.24, 2.45) is 11.8 Å². The van der Waals surface area contributed by atoms with Crippen LogP contribution in [0.2, 0.25) is 0 Å². The molecule has 4 heterocycles. The summed E-state index contributed by atoms with van der Waals surface area (Å²) in [4.78, 5) is 57.7. The van der Waals surface area contributed by atoms with E-state index in [0.29, 0.717) is 12.0 Å². The number of ether oxygens (including phenoxy) is 2. The highest BCUT2D eigenvalue weighted by molar-refractivity contribution is 5.99. The first kappa shape index (κ1) is 28.0. The molecule has 4 aliphatic heterocycles. The summed E-state index contributed by atoms with van der Waals surface area (Å²) in [6.45, 7) is 5.46. The van der Waals surface area contributed by atoms with Crippen molar-refractivity contribution in [3.63, 3.8) is 0 Å². The molecule has 4 aliphatic rings. The number of carbonyl (C=O) groups is 4. The number of allylic oxidation sites excluding steroid dienone is 1. The topological polar surface area (TPSA) is 125 Å². The number of carbonyl (C=O) groups excluding carboxylic acids is 4. The Balaban J connectivity index is 1.57. The van der Waals surface area contributed by atoms with E-state index in [1.807, 2.05) is 56.3 Å². The zero-order valence-corrected chi connectivity index (χ0v) is 23.1. The van der Waals surface area contributed by atoms with Gasteiger partial charge in [0.25, 0.3) is 0 Å². The Kier molecular flexibility index (Phi) is 7.83. The third-order valence-corrected chi connectivity index (χ3v) is 8.38. The Morgan fingerprint density at radius 2 is 1.82 bits per heavy atom. The second kappa shape index (κ2) is 11.2. The van der Waals surface area contributed by atoms with Gasteiger partial charge in [-0.05, 0) is 32.8 Å². The van der Waals surface area contributed by atoms with Crippen molar-refractivity contribution >= 4 is 23.7 Å². The molecule has 0 aliphatic carbocycles. The van der Waals surface area contributed by atoms with Gasteiger partial charge >= 0.3 is 5.97 Å². The maximum atomic E-state index is 14.2. The van der Waals surface area contributed by atoms with E-state index in [1.54, 1.807) is 24.0 Å². The minimum Gasteiger partial charge on any atom is -0.455 e. The molecular weight excluding hydrogens is 514 g/mol. The van der Waals surface area contributed by atoms with E-state index < -0.39 is 53.6 Å². The molecule has 3 amide bonds. The maximum absolute atomic E-state index is 14.2. The van der Waals surface area contributed by atoms with E-state index in [1.165, 1.54) is 4.90 Å². The number of amides is 3. The van der Waals surface area contributed by atoms with Gasteiger partial charge in [-0.1, -0.05) is 54.6 Å². The van der Waals surface area contributed by atoms with Gasteiger partial charge in [0.1, 0.15) is 23.7 Å². The predicted octanol–water partition coefficient (Wildman–Crippen LogP) is 1.51. The third-order valence-electron chi connectivity index (χ3n) is 8.38. The Morgan fingerprint density at radius 1 is 1.07 bits per heavy atom. The summed E-state index contributed by atoms with van der Waals surface area (Å²) >= 11 is 0. The molecule has 2 saturated heterocycles. The quantitative estimate of drug-likeness (QED) is 0.429. The van der Waals surface area contributed by atoms with Gasteiger partial charge in [0.15, 0.2) is 0 Å². The lowest BCUT2D eigenvalue weighted by atomic mass is 9.74. The van der Waals surface area contributed by atoms with Crippen LogP contribution < -0.4 is 5.32 Å². The molecule has 0 unspecified atom stereocenters. The van der Waals surface area contributed by atoms with Crippen LogP contribution in [0.1, 0.15) is 45.3 Å². The first-order valence-electron chi connectivity index (χ1n) is 14.0. The Labute approximate surface area is 234 Å². The average molecular weight is 552 g/mol. The Hall–Kier alpha value is -3.50. The number of nitrogens with one attached hydrogen (secondary N) is 1. The normalized spacial score (nSPS) is 34.2. The molecule has 214 valence electrons. The van der Waals surface area contributed by atoms with Crippen LogP contribution in [0.3, 0.4) is 0 Å². The van der Waals surface area contributed by atoms with Crippen molar-refractivity contribution in [1.82, 2.24) is 15.1 Å². The van der Waals surface area contributed by atoms with Crippen molar-refractivity contribution in [3.05, 3.63) is 60.2 Å². The molecule has 7 atom stereocenters. The molecule has 0 radical (unpaired) electrons. The number of aliphatic hydroxyl groups is 1. The van der Waals surface area contributed by atoms with E-state index in [0.717, 1.165) is 0 Å². The molecule has 2 N–H and O–H groups in total. The highest BCUT2D eigenvalue weighted by Crippen LogP contribution is 2.56. The number of benzene rings is 1. The summed E-state index contributed by atoms with van der Waals surface area (Å²) in [6.07, 6.45) is 6.39. The molecule has 2 fully saturated rings. The molecule has 40 heavy (non-hydrogen) atoms. The van der Waals surface area contributed by atoms with Crippen LogP contribution >= 0.6 is 0 Å². The van der Waals surface area contributed by atoms with Crippen LogP contribution in [0.5, 0.6) is 0 Å². The van der Waals surface area contributed by atoms with E-state index in [9.17, 15) is 24.3 Å². The molecular formula is C30H37N3O7. The monoisotopic (exact) mass is 551 g/mol. The number of esters is 1. The fraction of sp³-hybridized carbons (Fsp3) is 0.533. The van der Waals surface area contributed by atoms with Crippen molar-refractivity contribution in [2.45, 2.75) is 69.5 Å². The van der Waals surface area contributed by atoms with Crippen LogP contribution in [-0.2, 0) is 28.7 Å². The number of aliphatic hydroxyl groups excluding tert-OH is 1. The van der Waals surface area contributed by atoms with Crippen LogP contribution in [0, 0.1) is 11.8 Å². The van der Waals surface area contributed by atoms with Crippen molar-refractivity contribution in [2.75, 3.05) is 19.7 Å². The molecule has 1 aromatic carbocycles. The van der Waals surface area contributed by atoms with Gasteiger partial charge in [-0.25, -0.2) is 0 Å². The molecule has 5 rings (SSSR count). The van der Waals surface area contributed by atoms with Gasteiger partial charge in [-0.15, -0.1) is 0 Å². The largest absolute Gasteiger partial charge is 0.455 e. The minimum absolute atomic E-state index is 0.0754. The standard InChI is InChI=1S/C30H37N3O7/c1-18(2)32-15-9-5-8-12-23(35)31-16-22(20-10-6-4-7-11-20)39-29(38)24-21-13-14-30(40-21)25(24)27(36)33(19(3)17-34)26(30)28(32)37/h4-7,9-11,13-14,18-19,21-22,24-26,34H,8,12,15-17H2,1-3H3,(H,31,35)/b9-5-/t19-,21-,22-,24+,25+,26-,30+/m1/s1. The second-order valence-electron chi connectivity index (χ2n) is 11.2. The summed E-state index contributed by atoms with van der Waals surface area (Å²) < 4.78 is 12.4. The van der Waals surface area contributed by atoms with Crippen molar-refractivity contribution in [3.8, 4) is 0 Å². The van der Waals surface area contributed by atoms with Gasteiger partial charge < -0.3 is 29.7 Å². The van der Waals surface area contributed by atoms with E-state index in [-0.39, 0.29) is 44.0 Å². The zero-order chi connectivity index (χ0) is 28.6. The van der Waals surface area contributed by atoms with Gasteiger partial charge in [-0.2, -0.15) is 0 Å². The maximum Gasteiger partial charge on any atom is 0.313 e. The molecule has 0 saturated carbocycles. The van der Waals surface area contributed by atoms with Gasteiger partial charge in [0.05, 0.1) is 31.2 Å². The highest BCUT2D eigenvalue weighted by atomic mass is 16.6. The van der Waals surface area contributed by atoms with E-state index in [4.69, 9.17) is 9.47 Å². The SMILES string of the molecule is CC(C)N1C/C=C\CCC(=O)NC[C@H](c2ccccc2)OC(=O)[C@@H]2[C@H]3C(=O)N([C@H](C)CO)[C@H](C1=O)[C@]31C=C[C@H]2O1. The summed E-state index contributed by atoms with van der Waals surface area (Å²) in [5.41, 5.74) is -0.648. The lowest BCUT2D eigenvalue weighted by Gasteiger charge is -2.39. The third kappa shape index (κ3) is 4.73. The molecule has 1 aromatic rings. The summed E-state index contributed by atoms with van der Waals surface area (Å²) in [5, 5.41) is 12.9. The fourth-order valence-electron chi connectivity index (χ4n) is 6.36. The second-order valence-corrected chi connectivity index (χ2v) is 11.2. The van der Waals surface area contributed by atoms with Crippen LogP contribution in [0.4, 0.5) is 0 Å². The fourth-order valence-corrected chi connectivity index (χ4v) is 6.36. The number of fused-ring (bicyclic) bond motifs is 2. The average Bonchev–Trinajstić information content (AvgIpc) is 3.59. The molecule has 10 nitrogen and oxygen atoms in total. The zero-order valence-electron chi connectivity index (χ0n) is 23.1. The number of hydrogen-bond acceptors (Lipinski definition) is 7. The van der Waals surface area contributed by atoms with Gasteiger partial charge in [0, 0.05) is 19.0 Å². The first-order chi connectivity index (χ1) is 19.2. The Bertz CT molecular complexity index is 1210. The molecule has 0 aromatic heterocycles.